The number of primary amides is 1. The molecule has 2 aliphatic rings. The number of hydrazine groups is 1. The molecular weight excluding hydrogens is 556 g/mol. The maximum Gasteiger partial charge on any atom is 0.250 e. The number of hydrogen-bond acceptors (Lipinski definition) is 9. The number of hydrogen-bond donors (Lipinski definition) is 4. The van der Waals surface area contributed by atoms with Crippen molar-refractivity contribution in [2.75, 3.05) is 22.7 Å². The number of aryl methyl sites for hydroxylation is 2. The van der Waals surface area contributed by atoms with Crippen LogP contribution < -0.4 is 27.3 Å². The zero-order valence-electron chi connectivity index (χ0n) is 23.8. The Morgan fingerprint density at radius 1 is 1.00 bits per heavy atom. The normalized spacial score (nSPS) is 13.3. The van der Waals surface area contributed by atoms with E-state index in [1.807, 2.05) is 30.5 Å². The van der Waals surface area contributed by atoms with Crippen molar-refractivity contribution in [3.05, 3.63) is 102 Å². The summed E-state index contributed by atoms with van der Waals surface area (Å²) < 4.78 is 2.07. The number of amides is 2. The number of aromatic nitrogens is 4. The van der Waals surface area contributed by atoms with Crippen molar-refractivity contribution in [3.63, 3.8) is 0 Å². The second-order valence-corrected chi connectivity index (χ2v) is 10.1. The first-order valence-electron chi connectivity index (χ1n) is 14.0. The number of nitrogen functional groups attached to an aromatic ring is 1. The smallest absolute Gasteiger partial charge is 0.250 e. The number of carbonyl (C=O) groups excluding carboxylic acids is 2. The van der Waals surface area contributed by atoms with Crippen LogP contribution in [0.15, 0.2) is 90.7 Å². The van der Waals surface area contributed by atoms with Gasteiger partial charge in [0.25, 0.3) is 5.91 Å². The van der Waals surface area contributed by atoms with Gasteiger partial charge in [-0.25, -0.2) is 20.4 Å². The molecule has 0 fully saturated rings. The Morgan fingerprint density at radius 3 is 2.61 bits per heavy atom. The summed E-state index contributed by atoms with van der Waals surface area (Å²) in [5.41, 5.74) is 21.4. The zero-order chi connectivity index (χ0) is 30.6. The van der Waals surface area contributed by atoms with Gasteiger partial charge in [0.05, 0.1) is 23.4 Å². The van der Waals surface area contributed by atoms with E-state index >= 15 is 0 Å². The van der Waals surface area contributed by atoms with Crippen molar-refractivity contribution in [2.24, 2.45) is 10.8 Å². The van der Waals surface area contributed by atoms with Crippen molar-refractivity contribution in [3.8, 4) is 17.1 Å². The fourth-order valence-electron chi connectivity index (χ4n) is 5.22. The molecule has 12 heteroatoms. The second kappa shape index (κ2) is 12.2. The van der Waals surface area contributed by atoms with Gasteiger partial charge in [-0.1, -0.05) is 24.8 Å². The number of pyridine rings is 2. The SMILES string of the molecule is C=CC(=O)Nc1ccccc1C(N)=O.Nc1ncccc1-c1nc2ccc(N3N=CCN3)nc2n1-c1ccc2c(c1)CCC2. The lowest BCUT2D eigenvalue weighted by Crippen LogP contribution is -2.29. The third-order valence-corrected chi connectivity index (χ3v) is 7.29. The average molecular weight is 587 g/mol. The highest BCUT2D eigenvalue weighted by Gasteiger charge is 2.21. The number of anilines is 3. The lowest BCUT2D eigenvalue weighted by molar-refractivity contribution is -0.111. The molecule has 0 radical (unpaired) electrons. The van der Waals surface area contributed by atoms with Gasteiger partial charge in [-0.3, -0.25) is 14.2 Å². The van der Waals surface area contributed by atoms with E-state index in [2.05, 4.69) is 50.2 Å². The Labute approximate surface area is 253 Å². The summed E-state index contributed by atoms with van der Waals surface area (Å²) in [5.74, 6) is 0.935. The molecule has 1 aliphatic heterocycles. The van der Waals surface area contributed by atoms with Gasteiger partial charge in [0.2, 0.25) is 5.91 Å². The van der Waals surface area contributed by atoms with Crippen molar-refractivity contribution in [1.29, 1.82) is 0 Å². The molecular formula is C32H30N10O2. The molecule has 220 valence electrons. The van der Waals surface area contributed by atoms with Crippen LogP contribution in [0, 0.1) is 0 Å². The van der Waals surface area contributed by atoms with E-state index in [0.717, 1.165) is 47.2 Å². The van der Waals surface area contributed by atoms with E-state index < -0.39 is 5.91 Å². The molecule has 4 heterocycles. The Morgan fingerprint density at radius 2 is 1.84 bits per heavy atom. The van der Waals surface area contributed by atoms with Crippen LogP contribution in [0.3, 0.4) is 0 Å². The molecule has 12 nitrogen and oxygen atoms in total. The third kappa shape index (κ3) is 5.61. The zero-order valence-corrected chi connectivity index (χ0v) is 23.8. The van der Waals surface area contributed by atoms with E-state index in [-0.39, 0.29) is 11.5 Å². The van der Waals surface area contributed by atoms with Crippen molar-refractivity contribution >= 4 is 46.5 Å². The van der Waals surface area contributed by atoms with Crippen LogP contribution >= 0.6 is 0 Å². The number of carbonyl (C=O) groups is 2. The summed E-state index contributed by atoms with van der Waals surface area (Å²) >= 11 is 0. The molecule has 5 aromatic rings. The Bertz CT molecular complexity index is 1930. The predicted octanol–water partition coefficient (Wildman–Crippen LogP) is 3.77. The Kier molecular flexibility index (Phi) is 7.80. The lowest BCUT2D eigenvalue weighted by atomic mass is 10.1. The third-order valence-electron chi connectivity index (χ3n) is 7.29. The minimum Gasteiger partial charge on any atom is -0.383 e. The standard InChI is InChI=1S/C22H20N8.C10H10N2O2/c23-20-17(5-2-10-24-20)21-27-18-8-9-19(30-25-11-12-26-30)28-22(18)29(21)16-7-6-14-3-1-4-15(14)13-16;1-2-9(13)12-8-6-4-3-5-7(8)10(11)14/h2,5-11,13,26H,1,3-4,12H2,(H2,23,24);2-6H,1H2,(H2,11,14)(H,12,13). The molecule has 0 saturated carbocycles. The fourth-order valence-corrected chi connectivity index (χ4v) is 5.22. The molecule has 0 atom stereocenters. The van der Waals surface area contributed by atoms with Crippen LogP contribution in [0.4, 0.5) is 17.3 Å². The molecule has 0 bridgehead atoms. The number of nitrogens with zero attached hydrogens (tertiary/aromatic N) is 6. The average Bonchev–Trinajstić information content (AvgIpc) is 3.81. The number of nitrogens with two attached hydrogens (primary N) is 2. The van der Waals surface area contributed by atoms with Crippen LogP contribution in [-0.4, -0.2) is 44.1 Å². The largest absolute Gasteiger partial charge is 0.383 e. The summed E-state index contributed by atoms with van der Waals surface area (Å²) in [6, 6.07) is 20.8. The number of para-hydroxylation sites is 1. The highest BCUT2D eigenvalue weighted by molar-refractivity contribution is 6.05. The maximum absolute atomic E-state index is 11.0. The molecule has 2 aromatic carbocycles. The van der Waals surface area contributed by atoms with Crippen molar-refractivity contribution in [1.82, 2.24) is 24.9 Å². The van der Waals surface area contributed by atoms with Gasteiger partial charge < -0.3 is 16.8 Å². The summed E-state index contributed by atoms with van der Waals surface area (Å²) in [6.45, 7) is 3.98. The summed E-state index contributed by atoms with van der Waals surface area (Å²) in [5, 5.41) is 8.48. The van der Waals surface area contributed by atoms with E-state index in [0.29, 0.717) is 23.9 Å². The number of rotatable bonds is 6. The van der Waals surface area contributed by atoms with Crippen LogP contribution in [-0.2, 0) is 17.6 Å². The minimum atomic E-state index is -0.579. The fraction of sp³-hybridized carbons (Fsp3) is 0.125. The monoisotopic (exact) mass is 586 g/mol. The van der Waals surface area contributed by atoms with E-state index in [9.17, 15) is 9.59 Å². The molecule has 6 N–H and O–H groups in total. The van der Waals surface area contributed by atoms with Crippen molar-refractivity contribution in [2.45, 2.75) is 19.3 Å². The van der Waals surface area contributed by atoms with Gasteiger partial charge in [-0.15, -0.1) is 0 Å². The van der Waals surface area contributed by atoms with Crippen LogP contribution in [0.1, 0.15) is 27.9 Å². The first kappa shape index (κ1) is 28.2. The Balaban J connectivity index is 0.000000208. The first-order chi connectivity index (χ1) is 21.4. The number of nitrogens with one attached hydrogen (secondary N) is 2. The molecule has 0 unspecified atom stereocenters. The molecule has 0 saturated heterocycles. The predicted molar refractivity (Wildman–Crippen MR) is 171 cm³/mol. The van der Waals surface area contributed by atoms with E-state index in [1.165, 1.54) is 17.5 Å². The van der Waals surface area contributed by atoms with Gasteiger partial charge in [0.1, 0.15) is 11.3 Å². The van der Waals surface area contributed by atoms with Gasteiger partial charge in [-0.2, -0.15) is 10.2 Å². The second-order valence-electron chi connectivity index (χ2n) is 10.1. The van der Waals surface area contributed by atoms with Gasteiger partial charge >= 0.3 is 0 Å². The maximum atomic E-state index is 11.0. The minimum absolute atomic E-state index is 0.280. The highest BCUT2D eigenvalue weighted by atomic mass is 16.2. The number of hydrazone groups is 1. The van der Waals surface area contributed by atoms with Crippen molar-refractivity contribution < 1.29 is 9.59 Å². The molecule has 7 rings (SSSR count). The molecule has 1 aliphatic carbocycles. The van der Waals surface area contributed by atoms with E-state index in [1.54, 1.807) is 35.6 Å². The highest BCUT2D eigenvalue weighted by Crippen LogP contribution is 2.33. The summed E-state index contributed by atoms with van der Waals surface area (Å²) in [4.78, 5) is 36.0. The molecule has 44 heavy (non-hydrogen) atoms. The number of fused-ring (bicyclic) bond motifs is 2. The number of benzene rings is 2. The Hall–Kier alpha value is -5.88. The van der Waals surface area contributed by atoms with Gasteiger partial charge in [-0.05, 0) is 85.0 Å². The quantitative estimate of drug-likeness (QED) is 0.218. The van der Waals surface area contributed by atoms with Crippen LogP contribution in [0.25, 0.3) is 28.2 Å². The molecule has 3 aromatic heterocycles. The lowest BCUT2D eigenvalue weighted by Gasteiger charge is -2.14. The van der Waals surface area contributed by atoms with Crippen LogP contribution in [0.5, 0.6) is 0 Å². The first-order valence-corrected chi connectivity index (χ1v) is 14.0. The van der Waals surface area contributed by atoms with E-state index in [4.69, 9.17) is 21.4 Å². The molecule has 2 amide bonds. The van der Waals surface area contributed by atoms with Crippen LogP contribution in [0.2, 0.25) is 0 Å². The van der Waals surface area contributed by atoms with Gasteiger partial charge in [0.15, 0.2) is 17.3 Å². The molecule has 0 spiro atoms. The number of imidazole rings is 1. The van der Waals surface area contributed by atoms with Gasteiger partial charge in [0, 0.05) is 18.1 Å². The summed E-state index contributed by atoms with van der Waals surface area (Å²) in [7, 11) is 0. The summed E-state index contributed by atoms with van der Waals surface area (Å²) in [6.07, 6.45) is 8.07. The topological polar surface area (TPSA) is 169 Å².